The first kappa shape index (κ1) is 27.2. The van der Waals surface area contributed by atoms with Gasteiger partial charge in [0.25, 0.3) is 0 Å². The minimum absolute atomic E-state index is 0.711. The highest BCUT2D eigenvalue weighted by Crippen LogP contribution is 2.39. The molecular weight excluding hydrogens is 609 g/mol. The molecule has 0 aliphatic heterocycles. The Morgan fingerprint density at radius 2 is 0.900 bits per heavy atom. The van der Waals surface area contributed by atoms with Gasteiger partial charge in [0.2, 0.25) is 0 Å². The van der Waals surface area contributed by atoms with E-state index in [1.165, 1.54) is 43.4 Å². The van der Waals surface area contributed by atoms with Crippen molar-refractivity contribution in [3.05, 3.63) is 170 Å². The van der Waals surface area contributed by atoms with Crippen LogP contribution < -0.4 is 0 Å². The number of rotatable bonds is 3. The molecule has 0 N–H and O–H groups in total. The molecule has 0 radical (unpaired) electrons. The van der Waals surface area contributed by atoms with Gasteiger partial charge in [-0.1, -0.05) is 121 Å². The van der Waals surface area contributed by atoms with E-state index in [1.807, 2.05) is 0 Å². The molecule has 0 amide bonds. The van der Waals surface area contributed by atoms with Gasteiger partial charge in [-0.25, -0.2) is 9.97 Å². The molecule has 4 heteroatoms. The zero-order valence-corrected chi connectivity index (χ0v) is 27.0. The molecule has 0 unspecified atom stereocenters. The van der Waals surface area contributed by atoms with Crippen LogP contribution in [-0.4, -0.2) is 19.1 Å². The van der Waals surface area contributed by atoms with Crippen molar-refractivity contribution in [2.75, 3.05) is 0 Å². The maximum absolute atomic E-state index is 5.43. The summed E-state index contributed by atoms with van der Waals surface area (Å²) in [5.74, 6) is 1.59. The average molecular weight is 637 g/mol. The number of benzene rings is 8. The van der Waals surface area contributed by atoms with E-state index in [0.717, 1.165) is 49.8 Å². The number of hydrogen-bond acceptors (Lipinski definition) is 2. The van der Waals surface area contributed by atoms with Crippen molar-refractivity contribution in [3.63, 3.8) is 0 Å². The van der Waals surface area contributed by atoms with Crippen LogP contribution in [0.25, 0.3) is 99.0 Å². The summed E-state index contributed by atoms with van der Waals surface area (Å²) < 4.78 is 4.73. The van der Waals surface area contributed by atoms with Crippen LogP contribution in [0.5, 0.6) is 0 Å². The molecule has 0 fully saturated rings. The molecule has 0 spiro atoms. The van der Waals surface area contributed by atoms with Gasteiger partial charge in [0.05, 0.1) is 27.6 Å². The molecule has 3 heterocycles. The van der Waals surface area contributed by atoms with Crippen molar-refractivity contribution in [3.8, 4) is 22.9 Å². The van der Waals surface area contributed by atoms with E-state index < -0.39 is 0 Å². The summed E-state index contributed by atoms with van der Waals surface area (Å²) in [6.07, 6.45) is 0. The monoisotopic (exact) mass is 636 g/mol. The molecule has 8 aromatic carbocycles. The molecule has 3 aromatic heterocycles. The first-order valence-corrected chi connectivity index (χ1v) is 17.0. The fourth-order valence-corrected chi connectivity index (χ4v) is 8.00. The Hall–Kier alpha value is -6.78. The van der Waals surface area contributed by atoms with Crippen molar-refractivity contribution in [2.24, 2.45) is 0 Å². The molecule has 0 saturated carbocycles. The number of fused-ring (bicyclic) bond motifs is 10. The average Bonchev–Trinajstić information content (AvgIpc) is 3.70. The van der Waals surface area contributed by atoms with E-state index in [9.17, 15) is 0 Å². The second-order valence-electron chi connectivity index (χ2n) is 13.0. The highest BCUT2D eigenvalue weighted by atomic mass is 15.1. The third-order valence-electron chi connectivity index (χ3n) is 10.3. The fourth-order valence-electron chi connectivity index (χ4n) is 8.00. The van der Waals surface area contributed by atoms with E-state index in [0.29, 0.717) is 5.82 Å². The van der Waals surface area contributed by atoms with Gasteiger partial charge in [-0.05, 0) is 64.7 Å². The van der Waals surface area contributed by atoms with Gasteiger partial charge in [-0.3, -0.25) is 4.57 Å². The van der Waals surface area contributed by atoms with Crippen molar-refractivity contribution in [2.45, 2.75) is 0 Å². The van der Waals surface area contributed by atoms with E-state index in [2.05, 4.69) is 179 Å². The van der Waals surface area contributed by atoms with E-state index >= 15 is 0 Å². The predicted molar refractivity (Wildman–Crippen MR) is 209 cm³/mol. The largest absolute Gasteiger partial charge is 0.309 e. The number of aromatic nitrogens is 4. The number of hydrogen-bond donors (Lipinski definition) is 0. The summed E-state index contributed by atoms with van der Waals surface area (Å²) >= 11 is 0. The van der Waals surface area contributed by atoms with Crippen molar-refractivity contribution in [1.29, 1.82) is 0 Å². The Labute approximate surface area is 287 Å². The summed E-state index contributed by atoms with van der Waals surface area (Å²) in [4.78, 5) is 10.7. The van der Waals surface area contributed by atoms with Gasteiger partial charge in [0, 0.05) is 43.6 Å². The molecule has 0 atom stereocenters. The minimum Gasteiger partial charge on any atom is -0.309 e. The lowest BCUT2D eigenvalue weighted by Crippen LogP contribution is -2.03. The van der Waals surface area contributed by atoms with Crippen LogP contribution in [0.1, 0.15) is 0 Å². The zero-order chi connectivity index (χ0) is 32.8. The van der Waals surface area contributed by atoms with Crippen LogP contribution in [0.4, 0.5) is 0 Å². The summed E-state index contributed by atoms with van der Waals surface area (Å²) in [6, 6.07) is 60.7. The van der Waals surface area contributed by atoms with Crippen LogP contribution in [-0.2, 0) is 0 Å². The lowest BCUT2D eigenvalue weighted by atomic mass is 10.0. The highest BCUT2D eigenvalue weighted by Gasteiger charge is 2.20. The summed E-state index contributed by atoms with van der Waals surface area (Å²) in [5, 5.41) is 10.5. The van der Waals surface area contributed by atoms with E-state index in [-0.39, 0.29) is 0 Å². The minimum atomic E-state index is 0.711. The Bertz CT molecular complexity index is 3110. The van der Waals surface area contributed by atoms with Crippen molar-refractivity contribution in [1.82, 2.24) is 19.1 Å². The van der Waals surface area contributed by atoms with Gasteiger partial charge in [-0.15, -0.1) is 0 Å². The maximum atomic E-state index is 5.43. The summed E-state index contributed by atoms with van der Waals surface area (Å²) in [6.45, 7) is 0. The van der Waals surface area contributed by atoms with Gasteiger partial charge in [0.1, 0.15) is 5.82 Å². The zero-order valence-electron chi connectivity index (χ0n) is 27.0. The normalized spacial score (nSPS) is 12.0. The second-order valence-corrected chi connectivity index (χ2v) is 13.0. The van der Waals surface area contributed by atoms with Gasteiger partial charge >= 0.3 is 0 Å². The number of nitrogens with zero attached hydrogens (tertiary/aromatic N) is 4. The summed E-state index contributed by atoms with van der Waals surface area (Å²) in [7, 11) is 0. The van der Waals surface area contributed by atoms with Crippen LogP contribution in [0, 0.1) is 0 Å². The van der Waals surface area contributed by atoms with E-state index in [1.54, 1.807) is 0 Å². The van der Waals surface area contributed by atoms with Crippen molar-refractivity contribution >= 4 is 76.1 Å². The standard InChI is InChI=1S/C46H28N4/c1-2-13-31-27-32(22-21-29(31)11-1)45-47-44-34-14-4-3-12-30(34)23-25-38(44)46(48-45)50-42-20-10-7-17-37(42)39-28-33(24-26-43(39)50)49-40-18-8-5-15-35(40)36-16-6-9-19-41(36)49/h1-28H. The lowest BCUT2D eigenvalue weighted by molar-refractivity contribution is 1.08. The SMILES string of the molecule is c1ccc2cc(-c3nc(-n4c5ccccc5c5cc(-n6c7ccccc7c7ccccc76)ccc54)c4ccc5ccccc5c4n3)ccc2c1. The Balaban J connectivity index is 1.23. The molecule has 232 valence electrons. The first-order valence-electron chi connectivity index (χ1n) is 17.0. The molecule has 11 rings (SSSR count). The van der Waals surface area contributed by atoms with Crippen LogP contribution in [0.3, 0.4) is 0 Å². The highest BCUT2D eigenvalue weighted by molar-refractivity contribution is 6.14. The van der Waals surface area contributed by atoms with Crippen LogP contribution in [0.15, 0.2) is 170 Å². The smallest absolute Gasteiger partial charge is 0.162 e. The fraction of sp³-hybridized carbons (Fsp3) is 0. The van der Waals surface area contributed by atoms with Crippen LogP contribution in [0.2, 0.25) is 0 Å². The number of para-hydroxylation sites is 3. The van der Waals surface area contributed by atoms with Crippen molar-refractivity contribution < 1.29 is 0 Å². The quantitative estimate of drug-likeness (QED) is 0.181. The molecule has 0 aliphatic rings. The van der Waals surface area contributed by atoms with Gasteiger partial charge < -0.3 is 4.57 Å². The molecule has 50 heavy (non-hydrogen) atoms. The van der Waals surface area contributed by atoms with Crippen LogP contribution >= 0.6 is 0 Å². The molecule has 0 aliphatic carbocycles. The Morgan fingerprint density at radius 3 is 1.64 bits per heavy atom. The molecule has 0 saturated heterocycles. The van der Waals surface area contributed by atoms with Gasteiger partial charge in [-0.2, -0.15) is 0 Å². The second kappa shape index (κ2) is 10.4. The first-order chi connectivity index (χ1) is 24.8. The molecule has 4 nitrogen and oxygen atoms in total. The van der Waals surface area contributed by atoms with Gasteiger partial charge in [0.15, 0.2) is 5.82 Å². The Morgan fingerprint density at radius 1 is 0.340 bits per heavy atom. The lowest BCUT2D eigenvalue weighted by Gasteiger charge is -2.14. The summed E-state index contributed by atoms with van der Waals surface area (Å²) in [5.41, 5.74) is 7.69. The third kappa shape index (κ3) is 3.87. The third-order valence-corrected chi connectivity index (χ3v) is 10.3. The van der Waals surface area contributed by atoms with E-state index in [4.69, 9.17) is 9.97 Å². The molecule has 0 bridgehead atoms. The maximum Gasteiger partial charge on any atom is 0.162 e. The Kier molecular flexibility index (Phi) is 5.63. The predicted octanol–water partition coefficient (Wildman–Crippen LogP) is 11.8. The molecule has 11 aromatic rings. The molecular formula is C46H28N4. The topological polar surface area (TPSA) is 35.6 Å².